The molecular formula is C8H13F2N2+. The molecule has 0 bridgehead atoms. The Kier molecular flexibility index (Phi) is 3.19. The van der Waals surface area contributed by atoms with Gasteiger partial charge in [0.25, 0.3) is 0 Å². The van der Waals surface area contributed by atoms with E-state index in [1.165, 1.54) is 0 Å². The topological polar surface area (TPSA) is 8.81 Å². The fraction of sp³-hybridized carbons (Fsp3) is 0.625. The van der Waals surface area contributed by atoms with Gasteiger partial charge in [-0.25, -0.2) is 17.9 Å². The zero-order valence-electron chi connectivity index (χ0n) is 7.08. The minimum absolute atomic E-state index is 0.0710. The molecule has 0 unspecified atom stereocenters. The molecule has 4 heteroatoms. The number of rotatable bonds is 4. The molecule has 2 nitrogen and oxygen atoms in total. The first-order valence-electron chi connectivity index (χ1n) is 4.05. The molecule has 0 amide bonds. The van der Waals surface area contributed by atoms with Gasteiger partial charge in [-0.1, -0.05) is 0 Å². The fourth-order valence-corrected chi connectivity index (χ4v) is 1.00. The Hall–Kier alpha value is -0.930. The Labute approximate surface area is 70.4 Å². The lowest BCUT2D eigenvalue weighted by Gasteiger charge is -1.94. The third-order valence-electron chi connectivity index (χ3n) is 1.72. The summed E-state index contributed by atoms with van der Waals surface area (Å²) in [5.74, 6) is 0. The molecular weight excluding hydrogens is 162 g/mol. The van der Waals surface area contributed by atoms with E-state index in [9.17, 15) is 8.78 Å². The second-order valence-electron chi connectivity index (χ2n) is 2.66. The summed E-state index contributed by atoms with van der Waals surface area (Å²) in [6.07, 6.45) is 3.25. The second kappa shape index (κ2) is 4.18. The molecule has 0 radical (unpaired) electrons. The minimum atomic E-state index is -2.21. The highest BCUT2D eigenvalue weighted by Gasteiger charge is 2.06. The number of nitrogens with zero attached hydrogens (tertiary/aromatic N) is 2. The first kappa shape index (κ1) is 9.16. The van der Waals surface area contributed by atoms with Crippen LogP contribution in [0.3, 0.4) is 0 Å². The van der Waals surface area contributed by atoms with Crippen molar-refractivity contribution in [2.45, 2.75) is 32.9 Å². The molecule has 0 aliphatic rings. The van der Waals surface area contributed by atoms with Gasteiger partial charge in [0.05, 0.1) is 13.1 Å². The summed E-state index contributed by atoms with van der Waals surface area (Å²) in [5.41, 5.74) is 0. The highest BCUT2D eigenvalue weighted by Crippen LogP contribution is 1.97. The molecule has 0 saturated carbocycles. The van der Waals surface area contributed by atoms with Crippen LogP contribution >= 0.6 is 0 Å². The van der Waals surface area contributed by atoms with Crippen molar-refractivity contribution >= 4 is 0 Å². The van der Waals surface area contributed by atoms with E-state index in [1.54, 1.807) is 4.57 Å². The lowest BCUT2D eigenvalue weighted by molar-refractivity contribution is -0.697. The zero-order valence-corrected chi connectivity index (χ0v) is 7.08. The summed E-state index contributed by atoms with van der Waals surface area (Å²) in [7, 11) is 0. The molecule has 0 N–H and O–H groups in total. The summed E-state index contributed by atoms with van der Waals surface area (Å²) in [5, 5.41) is 0. The van der Waals surface area contributed by atoms with E-state index in [0.29, 0.717) is 6.54 Å². The average molecular weight is 175 g/mol. The Morgan fingerprint density at radius 2 is 2.25 bits per heavy atom. The van der Waals surface area contributed by atoms with Crippen LogP contribution in [-0.2, 0) is 13.1 Å². The highest BCUT2D eigenvalue weighted by molar-refractivity contribution is 4.64. The molecule has 12 heavy (non-hydrogen) atoms. The second-order valence-corrected chi connectivity index (χ2v) is 2.66. The highest BCUT2D eigenvalue weighted by atomic mass is 19.3. The first-order chi connectivity index (χ1) is 5.72. The van der Waals surface area contributed by atoms with E-state index in [4.69, 9.17) is 0 Å². The predicted molar refractivity (Wildman–Crippen MR) is 40.9 cm³/mol. The van der Waals surface area contributed by atoms with E-state index in [1.807, 2.05) is 30.2 Å². The van der Waals surface area contributed by atoms with Crippen LogP contribution in [0.2, 0.25) is 0 Å². The van der Waals surface area contributed by atoms with Crippen LogP contribution in [0.5, 0.6) is 0 Å². The van der Waals surface area contributed by atoms with E-state index in [-0.39, 0.29) is 6.42 Å². The molecule has 1 rings (SSSR count). The van der Waals surface area contributed by atoms with Crippen molar-refractivity contribution in [1.29, 1.82) is 0 Å². The fourth-order valence-electron chi connectivity index (χ4n) is 1.00. The summed E-state index contributed by atoms with van der Waals surface area (Å²) in [4.78, 5) is 0. The third kappa shape index (κ3) is 2.60. The number of hydrogen-bond acceptors (Lipinski definition) is 0. The maximum absolute atomic E-state index is 11.8. The first-order valence-corrected chi connectivity index (χ1v) is 4.05. The lowest BCUT2D eigenvalue weighted by Crippen LogP contribution is -2.32. The van der Waals surface area contributed by atoms with E-state index in [2.05, 4.69) is 0 Å². The molecule has 0 fully saturated rings. The molecule has 0 saturated heterocycles. The summed E-state index contributed by atoms with van der Waals surface area (Å²) < 4.78 is 27.3. The van der Waals surface area contributed by atoms with Crippen molar-refractivity contribution in [2.24, 2.45) is 0 Å². The van der Waals surface area contributed by atoms with Gasteiger partial charge in [-0.3, -0.25) is 0 Å². The van der Waals surface area contributed by atoms with Crippen LogP contribution < -0.4 is 4.57 Å². The standard InChI is InChI=1S/C8H13F2N2/c1-2-11-5-6-12(7-11)4-3-8(9)10/h5-8H,2-4H2,1H3/q+1. The summed E-state index contributed by atoms with van der Waals surface area (Å²) in [6.45, 7) is 3.28. The number of alkyl halides is 2. The molecule has 0 atom stereocenters. The molecule has 0 aromatic carbocycles. The van der Waals surface area contributed by atoms with Crippen molar-refractivity contribution in [3.63, 3.8) is 0 Å². The summed E-state index contributed by atoms with van der Waals surface area (Å²) >= 11 is 0. The predicted octanol–water partition coefficient (Wildman–Crippen LogP) is 1.45. The quantitative estimate of drug-likeness (QED) is 0.612. The van der Waals surface area contributed by atoms with Gasteiger partial charge < -0.3 is 0 Å². The normalized spacial score (nSPS) is 11.0. The van der Waals surface area contributed by atoms with Crippen LogP contribution in [0.15, 0.2) is 18.7 Å². The Morgan fingerprint density at radius 1 is 1.50 bits per heavy atom. The van der Waals surface area contributed by atoms with Crippen molar-refractivity contribution in [3.05, 3.63) is 18.7 Å². The van der Waals surface area contributed by atoms with Crippen LogP contribution in [0, 0.1) is 0 Å². The van der Waals surface area contributed by atoms with Crippen LogP contribution in [-0.4, -0.2) is 11.0 Å². The van der Waals surface area contributed by atoms with E-state index >= 15 is 0 Å². The van der Waals surface area contributed by atoms with Crippen molar-refractivity contribution < 1.29 is 13.3 Å². The number of halogens is 2. The van der Waals surface area contributed by atoms with Gasteiger partial charge in [0.1, 0.15) is 12.4 Å². The van der Waals surface area contributed by atoms with Gasteiger partial charge >= 0.3 is 0 Å². The summed E-state index contributed by atoms with van der Waals surface area (Å²) in [6, 6.07) is 0. The molecule has 1 aromatic heterocycles. The van der Waals surface area contributed by atoms with Crippen LogP contribution in [0.25, 0.3) is 0 Å². The van der Waals surface area contributed by atoms with Gasteiger partial charge in [-0.15, -0.1) is 0 Å². The average Bonchev–Trinajstić information content (AvgIpc) is 2.48. The zero-order chi connectivity index (χ0) is 8.97. The number of aryl methyl sites for hydroxylation is 2. The Morgan fingerprint density at radius 3 is 2.75 bits per heavy atom. The van der Waals surface area contributed by atoms with Gasteiger partial charge in [-0.2, -0.15) is 0 Å². The largest absolute Gasteiger partial charge is 0.243 e. The van der Waals surface area contributed by atoms with E-state index < -0.39 is 6.43 Å². The molecule has 1 aromatic rings. The van der Waals surface area contributed by atoms with Crippen LogP contribution in [0.4, 0.5) is 8.78 Å². The molecule has 1 heterocycles. The van der Waals surface area contributed by atoms with Crippen LogP contribution in [0.1, 0.15) is 13.3 Å². The van der Waals surface area contributed by atoms with Gasteiger partial charge in [-0.05, 0) is 6.92 Å². The van der Waals surface area contributed by atoms with Gasteiger partial charge in [0, 0.05) is 6.42 Å². The van der Waals surface area contributed by atoms with E-state index in [0.717, 1.165) is 6.54 Å². The number of hydrogen-bond donors (Lipinski definition) is 0. The minimum Gasteiger partial charge on any atom is -0.237 e. The SMILES string of the molecule is CCn1cc[n+](CCC(F)F)c1. The maximum atomic E-state index is 11.8. The molecule has 68 valence electrons. The molecule has 0 spiro atoms. The smallest absolute Gasteiger partial charge is 0.237 e. The van der Waals surface area contributed by atoms with Gasteiger partial charge in [0.15, 0.2) is 0 Å². The van der Waals surface area contributed by atoms with Gasteiger partial charge in [0.2, 0.25) is 12.8 Å². The molecule has 0 aliphatic heterocycles. The van der Waals surface area contributed by atoms with Crippen molar-refractivity contribution in [3.8, 4) is 0 Å². The molecule has 0 aliphatic carbocycles. The monoisotopic (exact) mass is 175 g/mol. The Balaban J connectivity index is 2.41. The maximum Gasteiger partial charge on any atom is 0.243 e. The number of imidazole rings is 1. The lowest BCUT2D eigenvalue weighted by atomic mass is 10.4. The third-order valence-corrected chi connectivity index (χ3v) is 1.72. The van der Waals surface area contributed by atoms with Crippen molar-refractivity contribution in [1.82, 2.24) is 4.57 Å². The van der Waals surface area contributed by atoms with Crippen molar-refractivity contribution in [2.75, 3.05) is 0 Å². The number of aromatic nitrogens is 2. The Bertz CT molecular complexity index is 233.